The van der Waals surface area contributed by atoms with E-state index in [0.717, 1.165) is 16.8 Å². The minimum atomic E-state index is -0.136. The summed E-state index contributed by atoms with van der Waals surface area (Å²) in [6.45, 7) is 3.93. The number of carbonyl (C=O) groups excluding carboxylic acids is 1. The molecular formula is C16H12ClNO. The molecule has 2 aromatic carbocycles. The van der Waals surface area contributed by atoms with Crippen molar-refractivity contribution in [2.24, 2.45) is 0 Å². The molecule has 0 fully saturated rings. The summed E-state index contributed by atoms with van der Waals surface area (Å²) in [5.41, 5.74) is 3.38. The third-order valence-corrected chi connectivity index (χ3v) is 3.58. The summed E-state index contributed by atoms with van der Waals surface area (Å²) < 4.78 is 0. The van der Waals surface area contributed by atoms with Gasteiger partial charge in [0.2, 0.25) is 0 Å². The van der Waals surface area contributed by atoms with Crippen molar-refractivity contribution in [1.82, 2.24) is 0 Å². The predicted molar refractivity (Wildman–Crippen MR) is 77.5 cm³/mol. The van der Waals surface area contributed by atoms with Crippen LogP contribution in [0.5, 0.6) is 0 Å². The Hall–Kier alpha value is -2.06. The van der Waals surface area contributed by atoms with Gasteiger partial charge >= 0.3 is 0 Å². The number of anilines is 1. The molecule has 1 aliphatic heterocycles. The van der Waals surface area contributed by atoms with E-state index in [-0.39, 0.29) is 11.8 Å². The summed E-state index contributed by atoms with van der Waals surface area (Å²) >= 11 is 6.07. The molecule has 2 aromatic rings. The molecule has 1 unspecified atom stereocenters. The zero-order valence-corrected chi connectivity index (χ0v) is 10.9. The quantitative estimate of drug-likeness (QED) is 0.780. The SMILES string of the molecule is C=C1C(=O)Nc2ccc(Cl)cc2C1c1ccccc1. The molecule has 2 nitrogen and oxygen atoms in total. The van der Waals surface area contributed by atoms with Gasteiger partial charge in [0.05, 0.1) is 0 Å². The number of fused-ring (bicyclic) bond motifs is 1. The second-order valence-corrected chi connectivity index (χ2v) is 4.99. The number of hydrogen-bond acceptors (Lipinski definition) is 1. The number of nitrogens with one attached hydrogen (secondary N) is 1. The first-order valence-corrected chi connectivity index (χ1v) is 6.39. The van der Waals surface area contributed by atoms with Gasteiger partial charge in [-0.15, -0.1) is 0 Å². The van der Waals surface area contributed by atoms with Gasteiger partial charge in [-0.2, -0.15) is 0 Å². The second-order valence-electron chi connectivity index (χ2n) is 4.55. The third-order valence-electron chi connectivity index (χ3n) is 3.35. The number of amides is 1. The highest BCUT2D eigenvalue weighted by Gasteiger charge is 2.30. The van der Waals surface area contributed by atoms with E-state index in [1.807, 2.05) is 42.5 Å². The van der Waals surface area contributed by atoms with Crippen molar-refractivity contribution in [1.29, 1.82) is 0 Å². The summed E-state index contributed by atoms with van der Waals surface area (Å²) in [5.74, 6) is -0.271. The highest BCUT2D eigenvalue weighted by molar-refractivity contribution is 6.30. The van der Waals surface area contributed by atoms with Crippen LogP contribution < -0.4 is 5.32 Å². The van der Waals surface area contributed by atoms with Crippen LogP contribution >= 0.6 is 11.6 Å². The Morgan fingerprint density at radius 1 is 1.11 bits per heavy atom. The molecule has 1 atom stereocenters. The maximum absolute atomic E-state index is 12.0. The van der Waals surface area contributed by atoms with Crippen LogP contribution in [-0.2, 0) is 4.79 Å². The largest absolute Gasteiger partial charge is 0.322 e. The highest BCUT2D eigenvalue weighted by atomic mass is 35.5. The molecule has 0 saturated heterocycles. The Kier molecular flexibility index (Phi) is 2.88. The highest BCUT2D eigenvalue weighted by Crippen LogP contribution is 2.40. The summed E-state index contributed by atoms with van der Waals surface area (Å²) in [5, 5.41) is 3.50. The van der Waals surface area contributed by atoms with E-state index < -0.39 is 0 Å². The number of carbonyl (C=O) groups is 1. The zero-order valence-electron chi connectivity index (χ0n) is 10.2. The van der Waals surface area contributed by atoms with Crippen molar-refractivity contribution in [2.75, 3.05) is 5.32 Å². The third kappa shape index (κ3) is 2.04. The minimum absolute atomic E-state index is 0.135. The maximum atomic E-state index is 12.0. The van der Waals surface area contributed by atoms with Gasteiger partial charge in [-0.25, -0.2) is 0 Å². The first-order chi connectivity index (χ1) is 9.16. The molecule has 1 N–H and O–H groups in total. The van der Waals surface area contributed by atoms with Crippen LogP contribution in [0, 0.1) is 0 Å². The second kappa shape index (κ2) is 4.56. The van der Waals surface area contributed by atoms with Gasteiger partial charge in [-0.05, 0) is 29.3 Å². The van der Waals surface area contributed by atoms with Crippen molar-refractivity contribution < 1.29 is 4.79 Å². The summed E-state index contributed by atoms with van der Waals surface area (Å²) in [4.78, 5) is 12.0. The molecule has 1 aliphatic rings. The topological polar surface area (TPSA) is 29.1 Å². The fraction of sp³-hybridized carbons (Fsp3) is 0.0625. The average molecular weight is 270 g/mol. The average Bonchev–Trinajstić information content (AvgIpc) is 2.42. The molecule has 0 radical (unpaired) electrons. The first-order valence-electron chi connectivity index (χ1n) is 6.01. The maximum Gasteiger partial charge on any atom is 0.251 e. The van der Waals surface area contributed by atoms with Crippen molar-refractivity contribution in [3.05, 3.63) is 76.8 Å². The fourth-order valence-corrected chi connectivity index (χ4v) is 2.61. The van der Waals surface area contributed by atoms with E-state index in [1.54, 1.807) is 6.07 Å². The van der Waals surface area contributed by atoms with Crippen LogP contribution in [-0.4, -0.2) is 5.91 Å². The summed E-state index contributed by atoms with van der Waals surface area (Å²) in [6, 6.07) is 15.4. The Balaban J connectivity index is 2.20. The minimum Gasteiger partial charge on any atom is -0.322 e. The molecule has 0 aliphatic carbocycles. The molecule has 1 heterocycles. The lowest BCUT2D eigenvalue weighted by Gasteiger charge is -2.28. The number of halogens is 1. The number of rotatable bonds is 1. The van der Waals surface area contributed by atoms with Gasteiger partial charge in [0, 0.05) is 22.2 Å². The molecule has 94 valence electrons. The van der Waals surface area contributed by atoms with Crippen molar-refractivity contribution in [3.63, 3.8) is 0 Å². The molecule has 0 aromatic heterocycles. The lowest BCUT2D eigenvalue weighted by molar-refractivity contribution is -0.113. The molecular weight excluding hydrogens is 258 g/mol. The standard InChI is InChI=1S/C16H12ClNO/c1-10-15(11-5-3-2-4-6-11)13-9-12(17)7-8-14(13)18-16(10)19/h2-9,15H,1H2,(H,18,19). The van der Waals surface area contributed by atoms with Crippen LogP contribution in [0.2, 0.25) is 5.02 Å². The number of benzene rings is 2. The van der Waals surface area contributed by atoms with Crippen molar-refractivity contribution in [2.45, 2.75) is 5.92 Å². The molecule has 19 heavy (non-hydrogen) atoms. The van der Waals surface area contributed by atoms with Crippen LogP contribution in [0.1, 0.15) is 17.0 Å². The smallest absolute Gasteiger partial charge is 0.251 e. The molecule has 0 saturated carbocycles. The Morgan fingerprint density at radius 2 is 1.84 bits per heavy atom. The number of hydrogen-bond donors (Lipinski definition) is 1. The van der Waals surface area contributed by atoms with E-state index in [2.05, 4.69) is 11.9 Å². The van der Waals surface area contributed by atoms with Crippen molar-refractivity contribution in [3.8, 4) is 0 Å². The van der Waals surface area contributed by atoms with Crippen LogP contribution in [0.4, 0.5) is 5.69 Å². The lowest BCUT2D eigenvalue weighted by Crippen LogP contribution is -2.26. The molecule has 3 rings (SSSR count). The van der Waals surface area contributed by atoms with Crippen LogP contribution in [0.25, 0.3) is 0 Å². The van der Waals surface area contributed by atoms with Gasteiger partial charge in [0.15, 0.2) is 0 Å². The van der Waals surface area contributed by atoms with Crippen molar-refractivity contribution >= 4 is 23.2 Å². The van der Waals surface area contributed by atoms with Gasteiger partial charge in [0.1, 0.15) is 0 Å². The van der Waals surface area contributed by atoms with E-state index in [0.29, 0.717) is 10.6 Å². The fourth-order valence-electron chi connectivity index (χ4n) is 2.43. The Morgan fingerprint density at radius 3 is 2.58 bits per heavy atom. The first kappa shape index (κ1) is 12.0. The van der Waals surface area contributed by atoms with E-state index >= 15 is 0 Å². The van der Waals surface area contributed by atoms with E-state index in [4.69, 9.17) is 11.6 Å². The molecule has 1 amide bonds. The van der Waals surface area contributed by atoms with Gasteiger partial charge < -0.3 is 5.32 Å². The Labute approximate surface area is 116 Å². The molecule has 0 spiro atoms. The zero-order chi connectivity index (χ0) is 13.4. The van der Waals surface area contributed by atoms with E-state index in [1.165, 1.54) is 0 Å². The lowest BCUT2D eigenvalue weighted by atomic mass is 9.82. The van der Waals surface area contributed by atoms with Gasteiger partial charge in [-0.3, -0.25) is 4.79 Å². The Bertz CT molecular complexity index is 664. The summed E-state index contributed by atoms with van der Waals surface area (Å²) in [7, 11) is 0. The normalized spacial score (nSPS) is 17.8. The van der Waals surface area contributed by atoms with Crippen LogP contribution in [0.3, 0.4) is 0 Å². The predicted octanol–water partition coefficient (Wildman–Crippen LogP) is 3.98. The van der Waals surface area contributed by atoms with E-state index in [9.17, 15) is 4.79 Å². The molecule has 0 bridgehead atoms. The van der Waals surface area contributed by atoms with Gasteiger partial charge in [-0.1, -0.05) is 48.5 Å². The summed E-state index contributed by atoms with van der Waals surface area (Å²) in [6.07, 6.45) is 0. The monoisotopic (exact) mass is 269 g/mol. The van der Waals surface area contributed by atoms with Crippen LogP contribution in [0.15, 0.2) is 60.7 Å². The molecule has 3 heteroatoms. The van der Waals surface area contributed by atoms with Gasteiger partial charge in [0.25, 0.3) is 5.91 Å².